The zero-order valence-corrected chi connectivity index (χ0v) is 27.8. The summed E-state index contributed by atoms with van der Waals surface area (Å²) in [5, 5.41) is 87.5. The second-order valence-corrected chi connectivity index (χ2v) is 13.2. The summed E-state index contributed by atoms with van der Waals surface area (Å²) in [5.74, 6) is -1.33. The van der Waals surface area contributed by atoms with E-state index < -0.39 is 124 Å². The number of unbranched alkanes of at least 4 members (excludes halogenated alkanes) is 6. The van der Waals surface area contributed by atoms with E-state index in [9.17, 15) is 50.4 Å². The van der Waals surface area contributed by atoms with Crippen LogP contribution in [-0.4, -0.2) is 176 Å². The van der Waals surface area contributed by atoms with Gasteiger partial charge in [0.15, 0.2) is 18.9 Å². The molecule has 0 saturated carbocycles. The normalized spacial score (nSPS) is 41.8. The Morgan fingerprint density at radius 1 is 0.714 bits per heavy atom. The third-order valence-electron chi connectivity index (χ3n) is 9.75. The van der Waals surface area contributed by atoms with Crippen molar-refractivity contribution in [3.05, 3.63) is 0 Å². The van der Waals surface area contributed by atoms with Crippen molar-refractivity contribution in [2.75, 3.05) is 26.4 Å². The summed E-state index contributed by atoms with van der Waals surface area (Å²) in [7, 11) is 0. The van der Waals surface area contributed by atoms with Crippen molar-refractivity contribution in [2.24, 2.45) is 5.73 Å². The van der Waals surface area contributed by atoms with E-state index in [4.69, 9.17) is 29.4 Å². The minimum atomic E-state index is -1.82. The van der Waals surface area contributed by atoms with Crippen molar-refractivity contribution in [1.29, 1.82) is 0 Å². The Morgan fingerprint density at radius 2 is 1.24 bits per heavy atom. The molecular weight excluding hydrogens is 654 g/mol. The third-order valence-corrected chi connectivity index (χ3v) is 9.75. The van der Waals surface area contributed by atoms with Gasteiger partial charge in [0, 0.05) is 12.8 Å². The molecule has 0 aromatic rings. The van der Waals surface area contributed by atoms with Crippen LogP contribution in [0.15, 0.2) is 0 Å². The number of carbonyl (C=O) groups excluding carboxylic acids is 2. The summed E-state index contributed by atoms with van der Waals surface area (Å²) in [5.41, 5.74) is 5.84. The molecule has 11 N–H and O–H groups in total. The SMILES string of the molecule is CCCCCCCCCN[C@H]1[C@H](OC2[C@@H](CO)O[C@@H](OC3[C@@H](CO)O[C@@H](O)[C@H](N)[C@H]3O)[C@H](N3C(=O)CCC3=O)[C@H]2O)O[C@H](CO)[C@@H](O)[C@@H]1O. The molecule has 0 bridgehead atoms. The summed E-state index contributed by atoms with van der Waals surface area (Å²) >= 11 is 0. The molecule has 4 saturated heterocycles. The van der Waals surface area contributed by atoms with Gasteiger partial charge in [0.2, 0.25) is 11.8 Å². The van der Waals surface area contributed by atoms with Crippen LogP contribution in [0.3, 0.4) is 0 Å². The summed E-state index contributed by atoms with van der Waals surface area (Å²) in [4.78, 5) is 26.7. The number of nitrogens with one attached hydrogen (secondary N) is 1. The summed E-state index contributed by atoms with van der Waals surface area (Å²) in [6.07, 6.45) is -11.3. The molecular formula is C31H55N3O15. The summed E-state index contributed by atoms with van der Waals surface area (Å²) < 4.78 is 29.2. The fourth-order valence-corrected chi connectivity index (χ4v) is 6.88. The average Bonchev–Trinajstić information content (AvgIpc) is 3.42. The molecule has 15 atom stereocenters. The highest BCUT2D eigenvalue weighted by Crippen LogP contribution is 2.35. The van der Waals surface area contributed by atoms with E-state index in [-0.39, 0.29) is 12.8 Å². The molecule has 0 aliphatic carbocycles. The predicted octanol–water partition coefficient (Wildman–Crippen LogP) is -4.10. The minimum Gasteiger partial charge on any atom is -0.394 e. The van der Waals surface area contributed by atoms with Crippen LogP contribution in [0.25, 0.3) is 0 Å². The Hall–Kier alpha value is -1.46. The van der Waals surface area contributed by atoms with Crippen LogP contribution in [-0.2, 0) is 33.3 Å². The van der Waals surface area contributed by atoms with Gasteiger partial charge in [-0.05, 0) is 13.0 Å². The highest BCUT2D eigenvalue weighted by atomic mass is 16.7. The van der Waals surface area contributed by atoms with Crippen LogP contribution in [0.1, 0.15) is 64.7 Å². The molecule has 284 valence electrons. The van der Waals surface area contributed by atoms with Gasteiger partial charge >= 0.3 is 0 Å². The monoisotopic (exact) mass is 709 g/mol. The van der Waals surface area contributed by atoms with Crippen LogP contribution in [0.5, 0.6) is 0 Å². The van der Waals surface area contributed by atoms with Gasteiger partial charge in [-0.25, -0.2) is 0 Å². The molecule has 0 aromatic carbocycles. The highest BCUT2D eigenvalue weighted by Gasteiger charge is 2.57. The molecule has 4 aliphatic rings. The fourth-order valence-electron chi connectivity index (χ4n) is 6.88. The Bertz CT molecular complexity index is 1030. The van der Waals surface area contributed by atoms with Gasteiger partial charge in [-0.1, -0.05) is 45.4 Å². The number of rotatable bonds is 17. The first-order valence-electron chi connectivity index (χ1n) is 17.3. The summed E-state index contributed by atoms with van der Waals surface area (Å²) in [6.45, 7) is 0.336. The van der Waals surface area contributed by atoms with Gasteiger partial charge in [-0.2, -0.15) is 0 Å². The molecule has 4 aliphatic heterocycles. The molecule has 0 radical (unpaired) electrons. The number of hydrogen-bond donors (Lipinski definition) is 10. The van der Waals surface area contributed by atoms with Crippen LogP contribution < -0.4 is 11.1 Å². The zero-order valence-electron chi connectivity index (χ0n) is 27.8. The van der Waals surface area contributed by atoms with Crippen LogP contribution in [0, 0.1) is 0 Å². The van der Waals surface area contributed by atoms with Gasteiger partial charge in [0.25, 0.3) is 0 Å². The van der Waals surface area contributed by atoms with Crippen LogP contribution >= 0.6 is 0 Å². The van der Waals surface area contributed by atoms with Crippen molar-refractivity contribution in [3.8, 4) is 0 Å². The Labute approximate surface area is 285 Å². The maximum absolute atomic E-state index is 13.0. The van der Waals surface area contributed by atoms with Crippen molar-refractivity contribution in [1.82, 2.24) is 10.2 Å². The van der Waals surface area contributed by atoms with Gasteiger partial charge in [0.1, 0.15) is 61.0 Å². The number of likely N-dealkylation sites (tertiary alicyclic amines) is 1. The van der Waals surface area contributed by atoms with Crippen molar-refractivity contribution in [3.63, 3.8) is 0 Å². The quantitative estimate of drug-likeness (QED) is 0.0507. The van der Waals surface area contributed by atoms with Crippen molar-refractivity contribution in [2.45, 2.75) is 157 Å². The van der Waals surface area contributed by atoms with E-state index in [2.05, 4.69) is 12.2 Å². The molecule has 2 unspecified atom stereocenters. The standard InChI is InChI=1S/C31H55N3O15/c1-2-3-4-5-6-7-8-11-33-21-25(42)23(40)15(12-35)46-30(21)48-28-17(14-37)47-31(22(26(28)43)34-18(38)9-10-19(34)39)49-27-16(13-36)45-29(44)20(32)24(27)41/h15-17,20-31,33,35-37,40-44H,2-14,32H2,1H3/t15-,16-,17-,20-,21-,22-,23-,24-,25-,26-,27?,28?,29-,30+,31+/m1/s1. The number of aliphatic hydroxyl groups excluding tert-OH is 8. The van der Waals surface area contributed by atoms with Gasteiger partial charge < -0.3 is 75.6 Å². The van der Waals surface area contributed by atoms with Crippen molar-refractivity contribution >= 4 is 11.8 Å². The molecule has 4 rings (SSSR count). The largest absolute Gasteiger partial charge is 0.394 e. The van der Waals surface area contributed by atoms with E-state index in [1.54, 1.807) is 0 Å². The Morgan fingerprint density at radius 3 is 1.86 bits per heavy atom. The number of hydrogen-bond acceptors (Lipinski definition) is 17. The Kier molecular flexibility index (Phi) is 15.5. The molecule has 4 fully saturated rings. The first-order valence-corrected chi connectivity index (χ1v) is 17.3. The smallest absolute Gasteiger partial charge is 0.230 e. The number of nitrogens with zero attached hydrogens (tertiary/aromatic N) is 1. The van der Waals surface area contributed by atoms with E-state index in [1.807, 2.05) is 0 Å². The maximum atomic E-state index is 13.0. The second kappa shape index (κ2) is 18.9. The van der Waals surface area contributed by atoms with E-state index in [0.29, 0.717) is 6.54 Å². The summed E-state index contributed by atoms with van der Waals surface area (Å²) in [6, 6.07) is -4.06. The maximum Gasteiger partial charge on any atom is 0.230 e. The zero-order chi connectivity index (χ0) is 35.8. The Balaban J connectivity index is 1.56. The van der Waals surface area contributed by atoms with Crippen LogP contribution in [0.4, 0.5) is 0 Å². The van der Waals surface area contributed by atoms with Crippen LogP contribution in [0.2, 0.25) is 0 Å². The van der Waals surface area contributed by atoms with E-state index in [1.165, 1.54) is 6.42 Å². The number of imide groups is 1. The van der Waals surface area contributed by atoms with Gasteiger partial charge in [-0.15, -0.1) is 0 Å². The second-order valence-electron chi connectivity index (χ2n) is 13.2. The lowest BCUT2D eigenvalue weighted by atomic mass is 9.93. The molecule has 49 heavy (non-hydrogen) atoms. The lowest BCUT2D eigenvalue weighted by Gasteiger charge is -2.50. The fraction of sp³-hybridized carbons (Fsp3) is 0.935. The lowest BCUT2D eigenvalue weighted by Crippen LogP contribution is -2.71. The first kappa shape index (κ1) is 40.3. The van der Waals surface area contributed by atoms with E-state index in [0.717, 1.165) is 43.4 Å². The predicted molar refractivity (Wildman–Crippen MR) is 166 cm³/mol. The molecule has 18 heteroatoms. The lowest BCUT2D eigenvalue weighted by molar-refractivity contribution is -0.356. The number of aliphatic hydroxyl groups is 8. The third kappa shape index (κ3) is 9.32. The van der Waals surface area contributed by atoms with Crippen molar-refractivity contribution < 1.29 is 74.1 Å². The highest BCUT2D eigenvalue weighted by molar-refractivity contribution is 6.02. The average molecular weight is 710 g/mol. The first-order chi connectivity index (χ1) is 23.5. The number of ether oxygens (including phenoxy) is 5. The van der Waals surface area contributed by atoms with Gasteiger partial charge in [0.05, 0.1) is 31.9 Å². The number of carbonyl (C=O) groups is 2. The molecule has 4 heterocycles. The molecule has 0 aromatic heterocycles. The number of amides is 2. The van der Waals surface area contributed by atoms with E-state index >= 15 is 0 Å². The minimum absolute atomic E-state index is 0.173. The molecule has 2 amide bonds. The molecule has 0 spiro atoms. The topological polar surface area (TPSA) is 283 Å². The molecule has 18 nitrogen and oxygen atoms in total. The number of nitrogens with two attached hydrogens (primary N) is 1. The van der Waals surface area contributed by atoms with Gasteiger partial charge in [-0.3, -0.25) is 14.5 Å².